The first kappa shape index (κ1) is 14.8. The summed E-state index contributed by atoms with van der Waals surface area (Å²) in [5.41, 5.74) is 1.78. The van der Waals surface area contributed by atoms with Crippen molar-refractivity contribution in [2.45, 2.75) is 12.8 Å². The van der Waals surface area contributed by atoms with Crippen LogP contribution in [0, 0.1) is 0 Å². The van der Waals surface area contributed by atoms with Crippen LogP contribution in [0.15, 0.2) is 47.1 Å². The summed E-state index contributed by atoms with van der Waals surface area (Å²) in [5.74, 6) is -0.0660. The summed E-state index contributed by atoms with van der Waals surface area (Å²) in [6, 6.07) is 10.8. The molecule has 0 spiro atoms. The molecule has 110 valence electrons. The van der Waals surface area contributed by atoms with Gasteiger partial charge in [-0.05, 0) is 36.4 Å². The Bertz CT molecular complexity index is 601. The van der Waals surface area contributed by atoms with E-state index in [-0.39, 0.29) is 30.3 Å². The average molecular weight is 286 g/mol. The number of ketones is 1. The number of carbonyl (C=O) groups is 2. The van der Waals surface area contributed by atoms with E-state index in [9.17, 15) is 9.59 Å². The topological polar surface area (TPSA) is 62.6 Å². The number of benzene rings is 1. The van der Waals surface area contributed by atoms with Crippen LogP contribution in [0.5, 0.6) is 0 Å². The predicted octanol–water partition coefficient (Wildman–Crippen LogP) is 2.95. The molecular formula is C16H18N2O3. The monoisotopic (exact) mass is 286 g/mol. The van der Waals surface area contributed by atoms with Crippen molar-refractivity contribution in [1.29, 1.82) is 0 Å². The van der Waals surface area contributed by atoms with Crippen molar-refractivity contribution in [2.75, 3.05) is 24.3 Å². The summed E-state index contributed by atoms with van der Waals surface area (Å²) < 4.78 is 5.00. The number of hydrogen-bond donors (Lipinski definition) is 1. The smallest absolute Gasteiger partial charge is 0.224 e. The maximum absolute atomic E-state index is 11.8. The molecule has 1 N–H and O–H groups in total. The Morgan fingerprint density at radius 1 is 1.10 bits per heavy atom. The molecule has 1 aromatic carbocycles. The lowest BCUT2D eigenvalue weighted by Gasteiger charge is -2.13. The minimum absolute atomic E-state index is 0.134. The molecule has 0 bridgehead atoms. The van der Waals surface area contributed by atoms with Gasteiger partial charge in [-0.1, -0.05) is 0 Å². The van der Waals surface area contributed by atoms with Gasteiger partial charge < -0.3 is 14.6 Å². The van der Waals surface area contributed by atoms with Gasteiger partial charge in [-0.2, -0.15) is 0 Å². The molecule has 0 fully saturated rings. The summed E-state index contributed by atoms with van der Waals surface area (Å²) in [5, 5.41) is 2.77. The number of rotatable bonds is 6. The van der Waals surface area contributed by atoms with E-state index in [0.29, 0.717) is 0 Å². The molecule has 0 atom stereocenters. The first-order valence-corrected chi connectivity index (χ1v) is 6.70. The molecule has 0 aliphatic heterocycles. The highest BCUT2D eigenvalue weighted by Gasteiger charge is 2.11. The number of furan rings is 1. The Balaban J connectivity index is 1.83. The molecular weight excluding hydrogens is 268 g/mol. The molecule has 21 heavy (non-hydrogen) atoms. The number of nitrogens with zero attached hydrogens (tertiary/aromatic N) is 1. The van der Waals surface area contributed by atoms with Crippen molar-refractivity contribution in [3.05, 3.63) is 48.4 Å². The third-order valence-corrected chi connectivity index (χ3v) is 3.04. The Morgan fingerprint density at radius 2 is 1.81 bits per heavy atom. The summed E-state index contributed by atoms with van der Waals surface area (Å²) >= 11 is 0. The fraction of sp³-hybridized carbons (Fsp3) is 0.250. The van der Waals surface area contributed by atoms with Gasteiger partial charge in [0, 0.05) is 38.3 Å². The second-order valence-corrected chi connectivity index (χ2v) is 4.89. The van der Waals surface area contributed by atoms with Crippen molar-refractivity contribution in [3.63, 3.8) is 0 Å². The van der Waals surface area contributed by atoms with Gasteiger partial charge in [0.15, 0.2) is 11.5 Å². The fourth-order valence-corrected chi connectivity index (χ4v) is 1.85. The van der Waals surface area contributed by atoms with Crippen LogP contribution in [-0.4, -0.2) is 25.8 Å². The van der Waals surface area contributed by atoms with Crippen molar-refractivity contribution < 1.29 is 14.0 Å². The number of amides is 1. The third-order valence-electron chi connectivity index (χ3n) is 3.04. The highest BCUT2D eigenvalue weighted by molar-refractivity contribution is 5.98. The Labute approximate surface area is 123 Å². The SMILES string of the molecule is CN(C)c1ccc(NC(=O)CCC(=O)c2ccco2)cc1. The van der Waals surface area contributed by atoms with Gasteiger partial charge in [0.25, 0.3) is 0 Å². The van der Waals surface area contributed by atoms with Crippen LogP contribution in [-0.2, 0) is 4.79 Å². The first-order valence-electron chi connectivity index (χ1n) is 6.70. The standard InChI is InChI=1S/C16H18N2O3/c1-18(2)13-7-5-12(6-8-13)17-16(20)10-9-14(19)15-4-3-11-21-15/h3-8,11H,9-10H2,1-2H3,(H,17,20). The van der Waals surface area contributed by atoms with Gasteiger partial charge in [-0.15, -0.1) is 0 Å². The van der Waals surface area contributed by atoms with Gasteiger partial charge >= 0.3 is 0 Å². The average Bonchev–Trinajstić information content (AvgIpc) is 2.99. The first-order chi connectivity index (χ1) is 10.1. The van der Waals surface area contributed by atoms with E-state index >= 15 is 0 Å². The zero-order valence-electron chi connectivity index (χ0n) is 12.1. The van der Waals surface area contributed by atoms with Crippen molar-refractivity contribution >= 4 is 23.1 Å². The number of Topliss-reactive ketones (excluding diaryl/α,β-unsaturated/α-hetero) is 1. The minimum Gasteiger partial charge on any atom is -0.461 e. The molecule has 0 aliphatic rings. The molecule has 1 aromatic heterocycles. The van der Waals surface area contributed by atoms with Crippen molar-refractivity contribution in [3.8, 4) is 0 Å². The van der Waals surface area contributed by atoms with E-state index in [1.807, 2.05) is 43.3 Å². The van der Waals surface area contributed by atoms with E-state index in [1.54, 1.807) is 12.1 Å². The van der Waals surface area contributed by atoms with Crippen LogP contribution in [0.2, 0.25) is 0 Å². The lowest BCUT2D eigenvalue weighted by atomic mass is 10.1. The van der Waals surface area contributed by atoms with E-state index in [0.717, 1.165) is 11.4 Å². The maximum Gasteiger partial charge on any atom is 0.224 e. The number of carbonyl (C=O) groups excluding carboxylic acids is 2. The molecule has 0 aliphatic carbocycles. The van der Waals surface area contributed by atoms with E-state index in [2.05, 4.69) is 5.32 Å². The van der Waals surface area contributed by atoms with Crippen LogP contribution in [0.3, 0.4) is 0 Å². The molecule has 5 heteroatoms. The fourth-order valence-electron chi connectivity index (χ4n) is 1.85. The highest BCUT2D eigenvalue weighted by Crippen LogP contribution is 2.16. The Hall–Kier alpha value is -2.56. The molecule has 1 amide bonds. The zero-order valence-corrected chi connectivity index (χ0v) is 12.1. The summed E-state index contributed by atoms with van der Waals surface area (Å²) in [4.78, 5) is 25.5. The van der Waals surface area contributed by atoms with Gasteiger partial charge in [0.2, 0.25) is 5.91 Å². The molecule has 0 saturated heterocycles. The molecule has 0 unspecified atom stereocenters. The lowest BCUT2D eigenvalue weighted by molar-refractivity contribution is -0.116. The number of anilines is 2. The van der Waals surface area contributed by atoms with Gasteiger partial charge in [0.05, 0.1) is 6.26 Å². The number of hydrogen-bond acceptors (Lipinski definition) is 4. The lowest BCUT2D eigenvalue weighted by Crippen LogP contribution is -2.13. The van der Waals surface area contributed by atoms with Gasteiger partial charge in [-0.25, -0.2) is 0 Å². The molecule has 1 heterocycles. The largest absolute Gasteiger partial charge is 0.461 e. The van der Waals surface area contributed by atoms with Crippen LogP contribution in [0.4, 0.5) is 11.4 Å². The quantitative estimate of drug-likeness (QED) is 0.829. The Kier molecular flexibility index (Phi) is 4.77. The second kappa shape index (κ2) is 6.74. The predicted molar refractivity (Wildman–Crippen MR) is 81.7 cm³/mol. The summed E-state index contributed by atoms with van der Waals surface area (Å²) in [7, 11) is 3.90. The van der Waals surface area contributed by atoms with Crippen LogP contribution in [0.1, 0.15) is 23.4 Å². The zero-order chi connectivity index (χ0) is 15.2. The summed E-state index contributed by atoms with van der Waals surface area (Å²) in [6.07, 6.45) is 1.71. The highest BCUT2D eigenvalue weighted by atomic mass is 16.3. The van der Waals surface area contributed by atoms with E-state index in [4.69, 9.17) is 4.42 Å². The second-order valence-electron chi connectivity index (χ2n) is 4.89. The maximum atomic E-state index is 11.8. The van der Waals surface area contributed by atoms with E-state index < -0.39 is 0 Å². The Morgan fingerprint density at radius 3 is 2.38 bits per heavy atom. The summed E-state index contributed by atoms with van der Waals surface area (Å²) in [6.45, 7) is 0. The number of nitrogens with one attached hydrogen (secondary N) is 1. The van der Waals surface area contributed by atoms with Gasteiger partial charge in [-0.3, -0.25) is 9.59 Å². The van der Waals surface area contributed by atoms with Crippen LogP contribution in [0.25, 0.3) is 0 Å². The van der Waals surface area contributed by atoms with E-state index in [1.165, 1.54) is 6.26 Å². The third kappa shape index (κ3) is 4.21. The molecule has 0 saturated carbocycles. The van der Waals surface area contributed by atoms with Crippen LogP contribution >= 0.6 is 0 Å². The van der Waals surface area contributed by atoms with Crippen molar-refractivity contribution in [2.24, 2.45) is 0 Å². The molecule has 2 rings (SSSR count). The van der Waals surface area contributed by atoms with Gasteiger partial charge in [0.1, 0.15) is 0 Å². The molecule has 5 nitrogen and oxygen atoms in total. The normalized spacial score (nSPS) is 10.2. The molecule has 2 aromatic rings. The minimum atomic E-state index is -0.187. The van der Waals surface area contributed by atoms with Crippen molar-refractivity contribution in [1.82, 2.24) is 0 Å². The van der Waals surface area contributed by atoms with Crippen LogP contribution < -0.4 is 10.2 Å². The molecule has 0 radical (unpaired) electrons.